The van der Waals surface area contributed by atoms with E-state index >= 15 is 0 Å². The monoisotopic (exact) mass is 202 g/mol. The van der Waals surface area contributed by atoms with Crippen molar-refractivity contribution in [1.82, 2.24) is 19.7 Å². The first-order chi connectivity index (χ1) is 7.18. The molecule has 0 aliphatic carbocycles. The molecule has 2 aromatic rings. The summed E-state index contributed by atoms with van der Waals surface area (Å²) < 4.78 is 1.55. The smallest absolute Gasteiger partial charge is 0.183 e. The number of nitrogens with two attached hydrogens (primary N) is 1. The second kappa shape index (κ2) is 3.49. The van der Waals surface area contributed by atoms with E-state index in [1.54, 1.807) is 17.1 Å². The second-order valence-corrected chi connectivity index (χ2v) is 3.04. The Morgan fingerprint density at radius 3 is 2.73 bits per heavy atom. The van der Waals surface area contributed by atoms with Gasteiger partial charge < -0.3 is 5.73 Å². The van der Waals surface area contributed by atoms with E-state index in [2.05, 4.69) is 15.1 Å². The van der Waals surface area contributed by atoms with Gasteiger partial charge in [-0.25, -0.2) is 14.6 Å². The summed E-state index contributed by atoms with van der Waals surface area (Å²) in [4.78, 5) is 8.09. The van der Waals surface area contributed by atoms with Crippen LogP contribution >= 0.6 is 0 Å². The van der Waals surface area contributed by atoms with Crippen LogP contribution in [0.4, 0.5) is 0 Å². The van der Waals surface area contributed by atoms with Crippen LogP contribution in [0, 0.1) is 12.3 Å². The highest BCUT2D eigenvalue weighted by Gasteiger charge is 2.10. The maximum atomic E-state index is 7.37. The molecule has 0 amide bonds. The van der Waals surface area contributed by atoms with Crippen LogP contribution in [0.15, 0.2) is 24.7 Å². The molecule has 0 atom stereocenters. The fourth-order valence-electron chi connectivity index (χ4n) is 1.22. The highest BCUT2D eigenvalue weighted by molar-refractivity contribution is 5.95. The number of hydrogen-bond acceptors (Lipinski definition) is 4. The van der Waals surface area contributed by atoms with Crippen molar-refractivity contribution in [2.24, 2.45) is 5.73 Å². The first-order valence-electron chi connectivity index (χ1n) is 4.36. The Balaban J connectivity index is 2.57. The van der Waals surface area contributed by atoms with Gasteiger partial charge in [0.25, 0.3) is 0 Å². The Morgan fingerprint density at radius 1 is 1.40 bits per heavy atom. The molecule has 0 saturated heterocycles. The minimum atomic E-state index is -0.119. The number of nitrogens with one attached hydrogen (secondary N) is 1. The van der Waals surface area contributed by atoms with Gasteiger partial charge in [0.05, 0.1) is 5.69 Å². The van der Waals surface area contributed by atoms with Crippen LogP contribution in [0.1, 0.15) is 11.4 Å². The molecular weight excluding hydrogens is 192 g/mol. The lowest BCUT2D eigenvalue weighted by Gasteiger charge is -2.04. The Morgan fingerprint density at radius 2 is 2.13 bits per heavy atom. The van der Waals surface area contributed by atoms with Gasteiger partial charge in [0.1, 0.15) is 11.5 Å². The molecule has 0 spiro atoms. The Kier molecular flexibility index (Phi) is 2.17. The van der Waals surface area contributed by atoms with E-state index in [4.69, 9.17) is 11.1 Å². The zero-order valence-electron chi connectivity index (χ0n) is 8.18. The number of rotatable bonds is 2. The number of hydrogen-bond donors (Lipinski definition) is 2. The third kappa shape index (κ3) is 1.69. The topological polar surface area (TPSA) is 93.5 Å². The van der Waals surface area contributed by atoms with E-state index < -0.39 is 0 Å². The fraction of sp³-hybridized carbons (Fsp3) is 0.111. The summed E-state index contributed by atoms with van der Waals surface area (Å²) in [5.74, 6) is 0.351. The average molecular weight is 202 g/mol. The molecule has 0 aliphatic heterocycles. The van der Waals surface area contributed by atoms with Crippen molar-refractivity contribution >= 4 is 5.84 Å². The summed E-state index contributed by atoms with van der Waals surface area (Å²) in [6, 6.07) is 1.85. The third-order valence-electron chi connectivity index (χ3n) is 1.87. The van der Waals surface area contributed by atoms with Crippen LogP contribution in [0.5, 0.6) is 0 Å². The van der Waals surface area contributed by atoms with Crippen molar-refractivity contribution in [2.45, 2.75) is 6.92 Å². The summed E-state index contributed by atoms with van der Waals surface area (Å²) in [6.07, 6.45) is 4.79. The zero-order valence-corrected chi connectivity index (χ0v) is 8.18. The van der Waals surface area contributed by atoms with Crippen molar-refractivity contribution in [3.05, 3.63) is 36.0 Å². The van der Waals surface area contributed by atoms with Crippen molar-refractivity contribution in [1.29, 1.82) is 5.41 Å². The van der Waals surface area contributed by atoms with Crippen molar-refractivity contribution < 1.29 is 0 Å². The molecule has 6 heteroatoms. The number of aromatic nitrogens is 4. The molecule has 15 heavy (non-hydrogen) atoms. The number of nitrogen functional groups attached to an aromatic ring is 1. The molecule has 0 fully saturated rings. The summed E-state index contributed by atoms with van der Waals surface area (Å²) in [5.41, 5.74) is 6.60. The van der Waals surface area contributed by atoms with Crippen molar-refractivity contribution in [3.63, 3.8) is 0 Å². The largest absolute Gasteiger partial charge is 0.382 e. The zero-order chi connectivity index (χ0) is 10.8. The minimum Gasteiger partial charge on any atom is -0.382 e. The van der Waals surface area contributed by atoms with E-state index in [0.29, 0.717) is 11.5 Å². The van der Waals surface area contributed by atoms with E-state index in [1.165, 1.54) is 6.20 Å². The van der Waals surface area contributed by atoms with Gasteiger partial charge >= 0.3 is 0 Å². The highest BCUT2D eigenvalue weighted by Crippen LogP contribution is 2.07. The maximum absolute atomic E-state index is 7.37. The fourth-order valence-corrected chi connectivity index (χ4v) is 1.22. The molecule has 3 N–H and O–H groups in total. The van der Waals surface area contributed by atoms with Gasteiger partial charge in [0.15, 0.2) is 5.82 Å². The van der Waals surface area contributed by atoms with Crippen molar-refractivity contribution in [3.8, 4) is 5.82 Å². The van der Waals surface area contributed by atoms with Gasteiger partial charge in [-0.05, 0) is 13.0 Å². The van der Waals surface area contributed by atoms with Crippen molar-refractivity contribution in [2.75, 3.05) is 0 Å². The van der Waals surface area contributed by atoms with E-state index in [1.807, 2.05) is 13.0 Å². The van der Waals surface area contributed by atoms with Gasteiger partial charge in [-0.2, -0.15) is 5.10 Å². The molecular formula is C9H10N6. The molecule has 2 heterocycles. The average Bonchev–Trinajstić information content (AvgIpc) is 2.65. The normalized spacial score (nSPS) is 10.2. The number of amidine groups is 1. The summed E-state index contributed by atoms with van der Waals surface area (Å²) >= 11 is 0. The first kappa shape index (κ1) is 9.32. The molecule has 0 saturated carbocycles. The Bertz CT molecular complexity index is 501. The minimum absolute atomic E-state index is 0.119. The lowest BCUT2D eigenvalue weighted by atomic mass is 10.4. The van der Waals surface area contributed by atoms with Gasteiger partial charge in [-0.1, -0.05) is 0 Å². The van der Waals surface area contributed by atoms with Gasteiger partial charge in [0, 0.05) is 18.6 Å². The second-order valence-electron chi connectivity index (χ2n) is 3.04. The van der Waals surface area contributed by atoms with E-state index in [0.717, 1.165) is 5.69 Å². The molecule has 0 aromatic carbocycles. The molecule has 76 valence electrons. The Labute approximate surface area is 86.3 Å². The predicted octanol–water partition coefficient (Wildman–Crippen LogP) is 0.255. The maximum Gasteiger partial charge on any atom is 0.183 e. The van der Waals surface area contributed by atoms with E-state index in [-0.39, 0.29) is 5.84 Å². The highest BCUT2D eigenvalue weighted by atomic mass is 15.3. The van der Waals surface area contributed by atoms with Gasteiger partial charge in [-0.3, -0.25) is 5.41 Å². The van der Waals surface area contributed by atoms with Gasteiger partial charge in [0.2, 0.25) is 0 Å². The first-order valence-corrected chi connectivity index (χ1v) is 4.36. The number of aryl methyl sites for hydroxylation is 1. The lowest BCUT2D eigenvalue weighted by molar-refractivity contribution is 0.820. The predicted molar refractivity (Wildman–Crippen MR) is 54.9 cm³/mol. The molecule has 2 rings (SSSR count). The van der Waals surface area contributed by atoms with Gasteiger partial charge in [-0.15, -0.1) is 0 Å². The van der Waals surface area contributed by atoms with Crippen LogP contribution in [0.2, 0.25) is 0 Å². The molecule has 0 unspecified atom stereocenters. The standard InChI is InChI=1S/C9H10N6/c1-6-2-5-15(14-6)9-7(8(10)11)12-3-4-13-9/h2-5H,1H3,(H3,10,11). The SMILES string of the molecule is Cc1ccn(-c2nccnc2C(=N)N)n1. The lowest BCUT2D eigenvalue weighted by Crippen LogP contribution is -2.18. The molecule has 0 bridgehead atoms. The molecule has 6 nitrogen and oxygen atoms in total. The van der Waals surface area contributed by atoms with Crippen LogP contribution < -0.4 is 5.73 Å². The Hall–Kier alpha value is -2.24. The molecule has 0 radical (unpaired) electrons. The molecule has 2 aromatic heterocycles. The van der Waals surface area contributed by atoms with Crippen LogP contribution in [0.3, 0.4) is 0 Å². The summed E-state index contributed by atoms with van der Waals surface area (Å²) in [7, 11) is 0. The van der Waals surface area contributed by atoms with Crippen LogP contribution in [-0.4, -0.2) is 25.6 Å². The quantitative estimate of drug-likeness (QED) is 0.539. The summed E-state index contributed by atoms with van der Waals surface area (Å²) in [5, 5.41) is 11.6. The third-order valence-corrected chi connectivity index (χ3v) is 1.87. The number of nitrogens with zero attached hydrogens (tertiary/aromatic N) is 4. The van der Waals surface area contributed by atoms with E-state index in [9.17, 15) is 0 Å². The van der Waals surface area contributed by atoms with Crippen LogP contribution in [-0.2, 0) is 0 Å². The van der Waals surface area contributed by atoms with Crippen LogP contribution in [0.25, 0.3) is 5.82 Å². The molecule has 0 aliphatic rings. The summed E-state index contributed by atoms with van der Waals surface area (Å²) in [6.45, 7) is 1.88.